The minimum atomic E-state index is -3.40. The van der Waals surface area contributed by atoms with Gasteiger partial charge in [0.1, 0.15) is 5.75 Å². The van der Waals surface area contributed by atoms with E-state index in [0.29, 0.717) is 17.2 Å². The Kier molecular flexibility index (Phi) is 5.94. The van der Waals surface area contributed by atoms with Crippen LogP contribution in [0.3, 0.4) is 0 Å². The van der Waals surface area contributed by atoms with Crippen molar-refractivity contribution < 1.29 is 17.9 Å². The Morgan fingerprint density at radius 1 is 1.04 bits per heavy atom. The second-order valence-electron chi connectivity index (χ2n) is 5.31. The average molecular weight is 348 g/mol. The zero-order valence-electron chi connectivity index (χ0n) is 13.6. The summed E-state index contributed by atoms with van der Waals surface area (Å²) in [5.41, 5.74) is 0.494. The van der Waals surface area contributed by atoms with Crippen LogP contribution < -0.4 is 10.1 Å². The second-order valence-corrected chi connectivity index (χ2v) is 7.61. The van der Waals surface area contributed by atoms with Crippen molar-refractivity contribution in [3.8, 4) is 11.5 Å². The van der Waals surface area contributed by atoms with Crippen molar-refractivity contribution in [2.24, 2.45) is 0 Å². The fourth-order valence-corrected chi connectivity index (χ4v) is 2.70. The van der Waals surface area contributed by atoms with Crippen molar-refractivity contribution in [1.29, 1.82) is 0 Å². The monoisotopic (exact) mass is 348 g/mol. The topological polar surface area (TPSA) is 75.7 Å². The van der Waals surface area contributed by atoms with Gasteiger partial charge in [0.05, 0.1) is 11.4 Å². The number of hydrogen-bond acceptors (Lipinski definition) is 4. The smallest absolute Gasteiger partial charge is 0.225 e. The number of carbonyl (C=O) groups excluding carboxylic acids is 1. The number of nitrogens with zero attached hydrogens (tertiary/aromatic N) is 1. The highest BCUT2D eigenvalue weighted by atomic mass is 32.2. The maximum absolute atomic E-state index is 12.0. The third-order valence-corrected chi connectivity index (χ3v) is 5.11. The highest BCUT2D eigenvalue weighted by molar-refractivity contribution is 7.89. The summed E-state index contributed by atoms with van der Waals surface area (Å²) in [6.07, 6.45) is -0.125. The van der Waals surface area contributed by atoms with Crippen LogP contribution in [0.2, 0.25) is 0 Å². The number of hydrogen-bond donors (Lipinski definition) is 1. The standard InChI is InChI=1S/C17H20N2O4S/c1-19(2)24(21,22)13-12-17(20)18-15-10-6-7-11-16(15)23-14-8-4-3-5-9-14/h3-11H,12-13H2,1-2H3,(H,18,20). The Balaban J connectivity index is 2.03. The first-order chi connectivity index (χ1) is 11.4. The second kappa shape index (κ2) is 7.94. The number of para-hydroxylation sites is 3. The zero-order valence-corrected chi connectivity index (χ0v) is 14.4. The van der Waals surface area contributed by atoms with E-state index in [4.69, 9.17) is 4.74 Å². The van der Waals surface area contributed by atoms with E-state index in [2.05, 4.69) is 5.32 Å². The van der Waals surface area contributed by atoms with Gasteiger partial charge < -0.3 is 10.1 Å². The van der Waals surface area contributed by atoms with Crippen LogP contribution >= 0.6 is 0 Å². The molecule has 0 aromatic heterocycles. The van der Waals surface area contributed by atoms with Crippen molar-refractivity contribution in [1.82, 2.24) is 4.31 Å². The molecule has 2 aromatic rings. The molecular formula is C17H20N2O4S. The predicted molar refractivity (Wildman–Crippen MR) is 93.7 cm³/mol. The van der Waals surface area contributed by atoms with Gasteiger partial charge in [0.2, 0.25) is 15.9 Å². The minimum absolute atomic E-state index is 0.125. The summed E-state index contributed by atoms with van der Waals surface area (Å²) in [7, 11) is -0.522. The van der Waals surface area contributed by atoms with Crippen LogP contribution in [-0.4, -0.2) is 38.5 Å². The molecule has 0 fully saturated rings. The number of amides is 1. The summed E-state index contributed by atoms with van der Waals surface area (Å²) in [6.45, 7) is 0. The summed E-state index contributed by atoms with van der Waals surface area (Å²) in [6, 6.07) is 16.2. The minimum Gasteiger partial charge on any atom is -0.455 e. The molecular weight excluding hydrogens is 328 g/mol. The molecule has 7 heteroatoms. The van der Waals surface area contributed by atoms with E-state index in [-0.39, 0.29) is 18.1 Å². The quantitative estimate of drug-likeness (QED) is 0.835. The lowest BCUT2D eigenvalue weighted by Crippen LogP contribution is -2.27. The maximum Gasteiger partial charge on any atom is 0.225 e. The Morgan fingerprint density at radius 3 is 2.33 bits per heavy atom. The normalized spacial score (nSPS) is 11.3. The summed E-state index contributed by atoms with van der Waals surface area (Å²) in [5.74, 6) is 0.513. The van der Waals surface area contributed by atoms with Gasteiger partial charge in [-0.15, -0.1) is 0 Å². The number of nitrogens with one attached hydrogen (secondary N) is 1. The molecule has 0 aliphatic carbocycles. The first-order valence-electron chi connectivity index (χ1n) is 7.40. The van der Waals surface area contributed by atoms with Gasteiger partial charge in [-0.25, -0.2) is 12.7 Å². The first-order valence-corrected chi connectivity index (χ1v) is 9.01. The van der Waals surface area contributed by atoms with E-state index in [1.54, 1.807) is 24.3 Å². The number of carbonyl (C=O) groups is 1. The Bertz CT molecular complexity index is 789. The largest absolute Gasteiger partial charge is 0.455 e. The molecule has 0 atom stereocenters. The number of anilines is 1. The molecule has 0 spiro atoms. The lowest BCUT2D eigenvalue weighted by molar-refractivity contribution is -0.115. The number of ether oxygens (including phenoxy) is 1. The fraction of sp³-hybridized carbons (Fsp3) is 0.235. The van der Waals surface area contributed by atoms with E-state index >= 15 is 0 Å². The predicted octanol–water partition coefficient (Wildman–Crippen LogP) is 2.70. The molecule has 1 amide bonds. The lowest BCUT2D eigenvalue weighted by atomic mass is 10.2. The van der Waals surface area contributed by atoms with E-state index in [0.717, 1.165) is 4.31 Å². The Hall–Kier alpha value is -2.38. The number of benzene rings is 2. The highest BCUT2D eigenvalue weighted by Crippen LogP contribution is 2.29. The third kappa shape index (κ3) is 5.07. The van der Waals surface area contributed by atoms with E-state index < -0.39 is 10.0 Å². The van der Waals surface area contributed by atoms with E-state index in [9.17, 15) is 13.2 Å². The summed E-state index contributed by atoms with van der Waals surface area (Å²) in [5, 5.41) is 2.70. The highest BCUT2D eigenvalue weighted by Gasteiger charge is 2.16. The summed E-state index contributed by atoms with van der Waals surface area (Å²) < 4.78 is 30.3. The zero-order chi connectivity index (χ0) is 17.6. The van der Waals surface area contributed by atoms with Gasteiger partial charge in [0, 0.05) is 20.5 Å². The van der Waals surface area contributed by atoms with Crippen LogP contribution in [0.5, 0.6) is 11.5 Å². The lowest BCUT2D eigenvalue weighted by Gasteiger charge is -2.13. The molecule has 128 valence electrons. The van der Waals surface area contributed by atoms with Crippen molar-refractivity contribution in [2.75, 3.05) is 25.2 Å². The average Bonchev–Trinajstić information content (AvgIpc) is 2.56. The van der Waals surface area contributed by atoms with Crippen LogP contribution in [0.15, 0.2) is 54.6 Å². The van der Waals surface area contributed by atoms with Crippen LogP contribution in [0.4, 0.5) is 5.69 Å². The van der Waals surface area contributed by atoms with Gasteiger partial charge >= 0.3 is 0 Å². The SMILES string of the molecule is CN(C)S(=O)(=O)CCC(=O)Nc1ccccc1Oc1ccccc1. The van der Waals surface area contributed by atoms with Gasteiger partial charge in [-0.3, -0.25) is 4.79 Å². The maximum atomic E-state index is 12.0. The number of rotatable bonds is 7. The summed E-state index contributed by atoms with van der Waals surface area (Å²) in [4.78, 5) is 12.0. The van der Waals surface area contributed by atoms with Gasteiger partial charge in [-0.2, -0.15) is 0 Å². The van der Waals surface area contributed by atoms with E-state index in [1.807, 2.05) is 30.3 Å². The molecule has 2 aromatic carbocycles. The molecule has 6 nitrogen and oxygen atoms in total. The fourth-order valence-electron chi connectivity index (χ4n) is 1.89. The van der Waals surface area contributed by atoms with Crippen LogP contribution in [0.1, 0.15) is 6.42 Å². The molecule has 0 unspecified atom stereocenters. The van der Waals surface area contributed by atoms with Crippen molar-refractivity contribution in [3.63, 3.8) is 0 Å². The molecule has 0 saturated carbocycles. The summed E-state index contributed by atoms with van der Waals surface area (Å²) >= 11 is 0. The van der Waals surface area contributed by atoms with Gasteiger partial charge in [-0.1, -0.05) is 30.3 Å². The van der Waals surface area contributed by atoms with E-state index in [1.165, 1.54) is 14.1 Å². The molecule has 0 heterocycles. The molecule has 1 N–H and O–H groups in total. The molecule has 0 saturated heterocycles. The molecule has 0 aliphatic rings. The Labute approximate surface area is 142 Å². The molecule has 0 radical (unpaired) electrons. The van der Waals surface area contributed by atoms with Crippen molar-refractivity contribution >= 4 is 21.6 Å². The van der Waals surface area contributed by atoms with Gasteiger partial charge in [0.15, 0.2) is 5.75 Å². The molecule has 24 heavy (non-hydrogen) atoms. The van der Waals surface area contributed by atoms with Crippen LogP contribution in [-0.2, 0) is 14.8 Å². The van der Waals surface area contributed by atoms with Gasteiger partial charge in [0.25, 0.3) is 0 Å². The van der Waals surface area contributed by atoms with Crippen LogP contribution in [0, 0.1) is 0 Å². The van der Waals surface area contributed by atoms with Crippen LogP contribution in [0.25, 0.3) is 0 Å². The Morgan fingerprint density at radius 2 is 1.67 bits per heavy atom. The molecule has 2 rings (SSSR count). The first kappa shape index (κ1) is 18.0. The van der Waals surface area contributed by atoms with Gasteiger partial charge in [-0.05, 0) is 24.3 Å². The molecule has 0 bridgehead atoms. The van der Waals surface area contributed by atoms with Crippen molar-refractivity contribution in [2.45, 2.75) is 6.42 Å². The number of sulfonamides is 1. The molecule has 0 aliphatic heterocycles. The third-order valence-electron chi connectivity index (χ3n) is 3.28. The van der Waals surface area contributed by atoms with Crippen molar-refractivity contribution in [3.05, 3.63) is 54.6 Å².